The molecule has 0 radical (unpaired) electrons. The van der Waals surface area contributed by atoms with Crippen molar-refractivity contribution in [1.29, 1.82) is 0 Å². The monoisotopic (exact) mass is 318 g/mol. The van der Waals surface area contributed by atoms with Gasteiger partial charge in [-0.3, -0.25) is 10.9 Å². The van der Waals surface area contributed by atoms with Crippen LogP contribution in [-0.4, -0.2) is 6.04 Å². The fourth-order valence-corrected chi connectivity index (χ4v) is 6.12. The molecule has 4 rings (SSSR count). The highest BCUT2D eigenvalue weighted by atomic mass is 35.5. The quantitative estimate of drug-likeness (QED) is 0.789. The minimum atomic E-state index is 0.400. The summed E-state index contributed by atoms with van der Waals surface area (Å²) in [6.45, 7) is 9.65. The first kappa shape index (κ1) is 15.0. The van der Waals surface area contributed by atoms with E-state index in [0.29, 0.717) is 22.9 Å². The Morgan fingerprint density at radius 1 is 1.18 bits per heavy atom. The lowest BCUT2D eigenvalue weighted by Crippen LogP contribution is -2.58. The Labute approximate surface area is 139 Å². The molecule has 1 aromatic rings. The smallest absolute Gasteiger partial charge is 0.0468 e. The average Bonchev–Trinajstić information content (AvgIpc) is 2.78. The van der Waals surface area contributed by atoms with Gasteiger partial charge in [-0.05, 0) is 72.1 Å². The third-order valence-electron chi connectivity index (χ3n) is 7.53. The molecule has 0 spiro atoms. The molecule has 120 valence electrons. The van der Waals surface area contributed by atoms with Gasteiger partial charge in [-0.2, -0.15) is 0 Å². The average molecular weight is 319 g/mol. The van der Waals surface area contributed by atoms with Gasteiger partial charge in [0.25, 0.3) is 0 Å². The highest BCUT2D eigenvalue weighted by Crippen LogP contribution is 2.69. The van der Waals surface area contributed by atoms with Gasteiger partial charge in [0.05, 0.1) is 0 Å². The van der Waals surface area contributed by atoms with Gasteiger partial charge in [-0.1, -0.05) is 38.4 Å². The van der Waals surface area contributed by atoms with E-state index >= 15 is 0 Å². The second-order valence-corrected chi connectivity index (χ2v) is 8.94. The van der Waals surface area contributed by atoms with E-state index in [0.717, 1.165) is 16.9 Å². The standard InChI is InChI=1S/C19H27ClN2/c1-11-9-12(20)5-6-13(11)16-10-14-15-7-8-19(4,18(15,2)3)17(14)22-21-16/h5-6,9,14-17,21-22H,7-8,10H2,1-4H3/t14?,15-,16?,17?,19-/m1/s1. The zero-order valence-electron chi connectivity index (χ0n) is 14.0. The Morgan fingerprint density at radius 3 is 2.68 bits per heavy atom. The lowest BCUT2D eigenvalue weighted by atomic mass is 9.69. The van der Waals surface area contributed by atoms with Gasteiger partial charge in [0, 0.05) is 17.1 Å². The van der Waals surface area contributed by atoms with Crippen LogP contribution < -0.4 is 10.9 Å². The van der Waals surface area contributed by atoms with Crippen molar-refractivity contribution in [2.24, 2.45) is 22.7 Å². The molecule has 1 aliphatic heterocycles. The van der Waals surface area contributed by atoms with E-state index in [4.69, 9.17) is 11.6 Å². The van der Waals surface area contributed by atoms with Crippen molar-refractivity contribution in [2.75, 3.05) is 0 Å². The second kappa shape index (κ2) is 4.72. The van der Waals surface area contributed by atoms with Gasteiger partial charge in [-0.25, -0.2) is 0 Å². The van der Waals surface area contributed by atoms with Crippen LogP contribution in [0.3, 0.4) is 0 Å². The number of hydrogen-bond acceptors (Lipinski definition) is 2. The van der Waals surface area contributed by atoms with Crippen LogP contribution in [0.15, 0.2) is 18.2 Å². The Kier molecular flexibility index (Phi) is 3.21. The summed E-state index contributed by atoms with van der Waals surface area (Å²) in [4.78, 5) is 0. The molecule has 0 amide bonds. The van der Waals surface area contributed by atoms with Crippen molar-refractivity contribution in [3.8, 4) is 0 Å². The zero-order valence-corrected chi connectivity index (χ0v) is 14.8. The van der Waals surface area contributed by atoms with Crippen LogP contribution in [0.4, 0.5) is 0 Å². The van der Waals surface area contributed by atoms with Crippen LogP contribution >= 0.6 is 11.6 Å². The Hall–Kier alpha value is -0.570. The molecule has 3 unspecified atom stereocenters. The molecule has 3 aliphatic rings. The SMILES string of the molecule is Cc1cc(Cl)ccc1C1CC2C(NN1)[C@@]1(C)CC[C@H]2C1(C)C. The fourth-order valence-electron chi connectivity index (χ4n) is 5.90. The van der Waals surface area contributed by atoms with Crippen molar-refractivity contribution in [3.63, 3.8) is 0 Å². The van der Waals surface area contributed by atoms with Crippen LogP contribution in [0.1, 0.15) is 57.2 Å². The Balaban J connectivity index is 1.63. The number of aryl methyl sites for hydroxylation is 1. The summed E-state index contributed by atoms with van der Waals surface area (Å²) in [6, 6.07) is 7.31. The van der Waals surface area contributed by atoms with E-state index < -0.39 is 0 Å². The van der Waals surface area contributed by atoms with Gasteiger partial charge in [0.15, 0.2) is 0 Å². The van der Waals surface area contributed by atoms with Crippen molar-refractivity contribution in [2.45, 2.75) is 59.0 Å². The van der Waals surface area contributed by atoms with Gasteiger partial charge in [0.1, 0.15) is 0 Å². The second-order valence-electron chi connectivity index (χ2n) is 8.50. The summed E-state index contributed by atoms with van der Waals surface area (Å²) < 4.78 is 0. The summed E-state index contributed by atoms with van der Waals surface area (Å²) >= 11 is 6.12. The summed E-state index contributed by atoms with van der Waals surface area (Å²) in [7, 11) is 0. The van der Waals surface area contributed by atoms with Crippen LogP contribution in [0.5, 0.6) is 0 Å². The highest BCUT2D eigenvalue weighted by molar-refractivity contribution is 6.30. The summed E-state index contributed by atoms with van der Waals surface area (Å²) in [5, 5.41) is 0.830. The minimum absolute atomic E-state index is 0.400. The summed E-state index contributed by atoms with van der Waals surface area (Å²) in [5.74, 6) is 1.64. The van der Waals surface area contributed by atoms with Crippen LogP contribution in [0.2, 0.25) is 5.02 Å². The van der Waals surface area contributed by atoms with Gasteiger partial charge in [-0.15, -0.1) is 0 Å². The first-order valence-corrected chi connectivity index (χ1v) is 8.99. The highest BCUT2D eigenvalue weighted by Gasteiger charge is 2.66. The van der Waals surface area contributed by atoms with Crippen molar-refractivity contribution < 1.29 is 0 Å². The number of hydrogen-bond donors (Lipinski definition) is 2. The summed E-state index contributed by atoms with van der Waals surface area (Å²) in [6.07, 6.45) is 4.01. The molecule has 2 bridgehead atoms. The number of benzene rings is 1. The fraction of sp³-hybridized carbons (Fsp3) is 0.684. The van der Waals surface area contributed by atoms with E-state index in [2.05, 4.69) is 50.7 Å². The topological polar surface area (TPSA) is 24.1 Å². The Bertz CT molecular complexity index is 611. The molecule has 2 nitrogen and oxygen atoms in total. The van der Waals surface area contributed by atoms with Crippen LogP contribution in [0, 0.1) is 29.6 Å². The molecular weight excluding hydrogens is 292 g/mol. The molecule has 1 aromatic carbocycles. The molecule has 2 aliphatic carbocycles. The maximum absolute atomic E-state index is 6.12. The number of halogens is 1. The molecular formula is C19H27ClN2. The molecule has 2 saturated carbocycles. The molecule has 5 atom stereocenters. The van der Waals surface area contributed by atoms with E-state index in [1.54, 1.807) is 0 Å². The van der Waals surface area contributed by atoms with E-state index in [9.17, 15) is 0 Å². The molecule has 22 heavy (non-hydrogen) atoms. The van der Waals surface area contributed by atoms with Crippen LogP contribution in [0.25, 0.3) is 0 Å². The molecule has 1 heterocycles. The molecule has 3 fully saturated rings. The number of fused-ring (bicyclic) bond motifs is 5. The Morgan fingerprint density at radius 2 is 1.95 bits per heavy atom. The van der Waals surface area contributed by atoms with Crippen molar-refractivity contribution >= 4 is 11.6 Å². The first-order chi connectivity index (χ1) is 10.3. The normalized spacial score (nSPS) is 42.4. The third-order valence-corrected chi connectivity index (χ3v) is 7.77. The third kappa shape index (κ3) is 1.81. The predicted molar refractivity (Wildman–Crippen MR) is 91.7 cm³/mol. The van der Waals surface area contributed by atoms with E-state index in [1.165, 1.54) is 30.4 Å². The molecule has 1 saturated heterocycles. The van der Waals surface area contributed by atoms with Gasteiger partial charge in [0.2, 0.25) is 0 Å². The largest absolute Gasteiger partial charge is 0.253 e. The van der Waals surface area contributed by atoms with Crippen molar-refractivity contribution in [1.82, 2.24) is 10.9 Å². The zero-order chi connectivity index (χ0) is 15.7. The molecule has 2 N–H and O–H groups in total. The predicted octanol–water partition coefficient (Wildman–Crippen LogP) is 4.63. The molecule has 3 heteroatoms. The summed E-state index contributed by atoms with van der Waals surface area (Å²) in [5.41, 5.74) is 10.9. The van der Waals surface area contributed by atoms with E-state index in [1.807, 2.05) is 6.07 Å². The van der Waals surface area contributed by atoms with Crippen LogP contribution in [-0.2, 0) is 0 Å². The maximum atomic E-state index is 6.12. The minimum Gasteiger partial charge on any atom is -0.253 e. The first-order valence-electron chi connectivity index (χ1n) is 8.62. The number of rotatable bonds is 1. The number of hydrazine groups is 1. The number of nitrogens with one attached hydrogen (secondary N) is 2. The van der Waals surface area contributed by atoms with Gasteiger partial charge < -0.3 is 0 Å². The van der Waals surface area contributed by atoms with Gasteiger partial charge >= 0.3 is 0 Å². The lowest BCUT2D eigenvalue weighted by molar-refractivity contribution is 0.0804. The molecule has 0 aromatic heterocycles. The lowest BCUT2D eigenvalue weighted by Gasteiger charge is -2.45. The van der Waals surface area contributed by atoms with Crippen molar-refractivity contribution in [3.05, 3.63) is 34.3 Å². The maximum Gasteiger partial charge on any atom is 0.0468 e. The van der Waals surface area contributed by atoms with E-state index in [-0.39, 0.29) is 0 Å².